The number of ether oxygens (including phenoxy) is 1. The second-order valence-electron chi connectivity index (χ2n) is 5.98. The van der Waals surface area contributed by atoms with E-state index in [1.807, 2.05) is 0 Å². The average Bonchev–Trinajstić information content (AvgIpc) is 2.63. The lowest BCUT2D eigenvalue weighted by Gasteiger charge is -2.23. The second kappa shape index (κ2) is 9.34. The van der Waals surface area contributed by atoms with Gasteiger partial charge in [-0.05, 0) is 44.3 Å². The third-order valence-corrected chi connectivity index (χ3v) is 4.29. The number of methoxy groups -OCH3 is 1. The molecule has 6 nitrogen and oxygen atoms in total. The van der Waals surface area contributed by atoms with Gasteiger partial charge in [0.1, 0.15) is 11.6 Å². The van der Waals surface area contributed by atoms with Crippen molar-refractivity contribution in [1.29, 1.82) is 0 Å². The normalized spacial score (nSPS) is 11.8. The van der Waals surface area contributed by atoms with Gasteiger partial charge in [-0.2, -0.15) is 0 Å². The number of hydrogen-bond acceptors (Lipinski definition) is 4. The van der Waals surface area contributed by atoms with Crippen LogP contribution in [0.3, 0.4) is 0 Å². The summed E-state index contributed by atoms with van der Waals surface area (Å²) < 4.78 is 18.2. The van der Waals surface area contributed by atoms with E-state index in [4.69, 9.17) is 16.3 Å². The monoisotopic (exact) mass is 393 g/mol. The standard InChI is InChI=1S/C19H21ClFN3O3/c1-12(19(26)23-17-8-7-13(21)9-16(17)20)24(2)11-18(25)22-14-5-4-6-15(10-14)27-3/h4-10,12H,11H2,1-3H3,(H,22,25)(H,23,26)/t12-/m1/s1. The first-order valence-corrected chi connectivity index (χ1v) is 8.58. The predicted octanol–water partition coefficient (Wildman–Crippen LogP) is 3.39. The molecule has 0 aliphatic rings. The van der Waals surface area contributed by atoms with Crippen LogP contribution in [0.2, 0.25) is 5.02 Å². The fourth-order valence-corrected chi connectivity index (χ4v) is 2.51. The molecule has 144 valence electrons. The number of carbonyl (C=O) groups excluding carboxylic acids is 2. The first-order chi connectivity index (χ1) is 12.8. The van der Waals surface area contributed by atoms with E-state index in [9.17, 15) is 14.0 Å². The maximum absolute atomic E-state index is 13.1. The molecule has 2 aromatic carbocycles. The molecule has 27 heavy (non-hydrogen) atoms. The molecule has 0 fully saturated rings. The predicted molar refractivity (Wildman–Crippen MR) is 104 cm³/mol. The van der Waals surface area contributed by atoms with Gasteiger partial charge in [0.05, 0.1) is 30.4 Å². The third-order valence-electron chi connectivity index (χ3n) is 3.98. The van der Waals surface area contributed by atoms with E-state index < -0.39 is 11.9 Å². The van der Waals surface area contributed by atoms with Crippen molar-refractivity contribution >= 4 is 34.8 Å². The molecule has 0 unspecified atom stereocenters. The molecule has 0 radical (unpaired) electrons. The van der Waals surface area contributed by atoms with E-state index in [-0.39, 0.29) is 23.4 Å². The van der Waals surface area contributed by atoms with Gasteiger partial charge < -0.3 is 15.4 Å². The Hall–Kier alpha value is -2.64. The lowest BCUT2D eigenvalue weighted by atomic mass is 10.2. The van der Waals surface area contributed by atoms with Gasteiger partial charge in [-0.1, -0.05) is 17.7 Å². The zero-order chi connectivity index (χ0) is 20.0. The minimum Gasteiger partial charge on any atom is -0.497 e. The minimum atomic E-state index is -0.609. The highest BCUT2D eigenvalue weighted by Gasteiger charge is 2.21. The van der Waals surface area contributed by atoms with Crippen LogP contribution in [0, 0.1) is 5.82 Å². The number of benzene rings is 2. The summed E-state index contributed by atoms with van der Waals surface area (Å²) in [6, 6.07) is 10.1. The first-order valence-electron chi connectivity index (χ1n) is 8.20. The van der Waals surface area contributed by atoms with Crippen molar-refractivity contribution < 1.29 is 18.7 Å². The highest BCUT2D eigenvalue weighted by molar-refractivity contribution is 6.33. The van der Waals surface area contributed by atoms with Crippen molar-refractivity contribution in [2.45, 2.75) is 13.0 Å². The molecule has 2 aromatic rings. The molecule has 1 atom stereocenters. The van der Waals surface area contributed by atoms with Crippen molar-refractivity contribution in [3.63, 3.8) is 0 Å². The molecule has 0 bridgehead atoms. The topological polar surface area (TPSA) is 70.7 Å². The Kier molecular flexibility index (Phi) is 7.15. The van der Waals surface area contributed by atoms with Crippen molar-refractivity contribution in [1.82, 2.24) is 4.90 Å². The third kappa shape index (κ3) is 5.94. The molecule has 0 aromatic heterocycles. The molecule has 2 N–H and O–H groups in total. The Morgan fingerprint density at radius 3 is 2.63 bits per heavy atom. The van der Waals surface area contributed by atoms with Gasteiger partial charge in [-0.3, -0.25) is 14.5 Å². The highest BCUT2D eigenvalue weighted by Crippen LogP contribution is 2.22. The van der Waals surface area contributed by atoms with Crippen LogP contribution in [0.25, 0.3) is 0 Å². The van der Waals surface area contributed by atoms with Crippen molar-refractivity contribution in [2.75, 3.05) is 31.3 Å². The first kappa shape index (κ1) is 20.7. The summed E-state index contributed by atoms with van der Waals surface area (Å²) in [5.74, 6) is -0.493. The summed E-state index contributed by atoms with van der Waals surface area (Å²) >= 11 is 5.91. The fourth-order valence-electron chi connectivity index (χ4n) is 2.29. The lowest BCUT2D eigenvalue weighted by molar-refractivity contribution is -0.122. The van der Waals surface area contributed by atoms with E-state index >= 15 is 0 Å². The van der Waals surface area contributed by atoms with Crippen LogP contribution < -0.4 is 15.4 Å². The van der Waals surface area contributed by atoms with Crippen LogP contribution in [0.1, 0.15) is 6.92 Å². The number of rotatable bonds is 7. The highest BCUT2D eigenvalue weighted by atomic mass is 35.5. The quantitative estimate of drug-likeness (QED) is 0.756. The summed E-state index contributed by atoms with van der Waals surface area (Å²) in [5.41, 5.74) is 0.909. The van der Waals surface area contributed by atoms with Gasteiger partial charge >= 0.3 is 0 Å². The molecule has 8 heteroatoms. The van der Waals surface area contributed by atoms with Crippen molar-refractivity contribution in [3.8, 4) is 5.75 Å². The van der Waals surface area contributed by atoms with Crippen molar-refractivity contribution in [2.24, 2.45) is 0 Å². The van der Waals surface area contributed by atoms with Gasteiger partial charge in [0.15, 0.2) is 0 Å². The molecule has 0 heterocycles. The number of anilines is 2. The zero-order valence-corrected chi connectivity index (χ0v) is 16.0. The van der Waals surface area contributed by atoms with Gasteiger partial charge in [-0.25, -0.2) is 4.39 Å². The Labute approximate surface area is 162 Å². The summed E-state index contributed by atoms with van der Waals surface area (Å²) in [6.45, 7) is 1.66. The minimum absolute atomic E-state index is 0.00292. The number of halogens is 2. The molecule has 0 saturated carbocycles. The van der Waals surface area contributed by atoms with E-state index in [0.29, 0.717) is 17.1 Å². The van der Waals surface area contributed by atoms with Crippen LogP contribution in [-0.2, 0) is 9.59 Å². The van der Waals surface area contributed by atoms with Gasteiger partial charge in [0, 0.05) is 11.8 Å². The lowest BCUT2D eigenvalue weighted by Crippen LogP contribution is -2.43. The van der Waals surface area contributed by atoms with Crippen LogP contribution in [-0.4, -0.2) is 43.5 Å². The van der Waals surface area contributed by atoms with Crippen LogP contribution in [0.15, 0.2) is 42.5 Å². The summed E-state index contributed by atoms with van der Waals surface area (Å²) in [4.78, 5) is 26.2. The maximum Gasteiger partial charge on any atom is 0.241 e. The molecule has 2 amide bonds. The van der Waals surface area contributed by atoms with Gasteiger partial charge in [-0.15, -0.1) is 0 Å². The number of nitrogens with zero attached hydrogens (tertiary/aromatic N) is 1. The smallest absolute Gasteiger partial charge is 0.241 e. The number of amides is 2. The number of carbonyl (C=O) groups is 2. The van der Waals surface area contributed by atoms with Gasteiger partial charge in [0.25, 0.3) is 0 Å². The van der Waals surface area contributed by atoms with Crippen molar-refractivity contribution in [3.05, 3.63) is 53.3 Å². The van der Waals surface area contributed by atoms with Crippen LogP contribution >= 0.6 is 11.6 Å². The Morgan fingerprint density at radius 1 is 1.22 bits per heavy atom. The Morgan fingerprint density at radius 2 is 1.96 bits per heavy atom. The van der Waals surface area contributed by atoms with E-state index in [1.54, 1.807) is 50.2 Å². The molecule has 0 saturated heterocycles. The molecule has 0 aliphatic carbocycles. The van der Waals surface area contributed by atoms with Gasteiger partial charge in [0.2, 0.25) is 11.8 Å². The maximum atomic E-state index is 13.1. The van der Waals surface area contributed by atoms with E-state index in [2.05, 4.69) is 10.6 Å². The van der Waals surface area contributed by atoms with E-state index in [1.165, 1.54) is 12.1 Å². The number of hydrogen-bond donors (Lipinski definition) is 2. The molecular weight excluding hydrogens is 373 g/mol. The second-order valence-corrected chi connectivity index (χ2v) is 6.39. The largest absolute Gasteiger partial charge is 0.497 e. The Balaban J connectivity index is 1.92. The summed E-state index contributed by atoms with van der Waals surface area (Å²) in [5, 5.41) is 5.49. The molecule has 0 aliphatic heterocycles. The Bertz CT molecular complexity index is 832. The average molecular weight is 394 g/mol. The van der Waals surface area contributed by atoms with Crippen LogP contribution in [0.4, 0.5) is 15.8 Å². The fraction of sp³-hybridized carbons (Fsp3) is 0.263. The zero-order valence-electron chi connectivity index (χ0n) is 15.3. The summed E-state index contributed by atoms with van der Waals surface area (Å²) in [7, 11) is 3.20. The molecule has 0 spiro atoms. The SMILES string of the molecule is COc1cccc(NC(=O)CN(C)[C@H](C)C(=O)Nc2ccc(F)cc2Cl)c1. The number of likely N-dealkylation sites (N-methyl/N-ethyl adjacent to an activating group) is 1. The van der Waals surface area contributed by atoms with E-state index in [0.717, 1.165) is 6.07 Å². The van der Waals surface area contributed by atoms with Crippen LogP contribution in [0.5, 0.6) is 5.75 Å². The summed E-state index contributed by atoms with van der Waals surface area (Å²) in [6.07, 6.45) is 0. The number of nitrogens with one attached hydrogen (secondary N) is 2. The molecular formula is C19H21ClFN3O3. The molecule has 2 rings (SSSR count).